The summed E-state index contributed by atoms with van der Waals surface area (Å²) in [4.78, 5) is 14.9. The van der Waals surface area contributed by atoms with Gasteiger partial charge in [0.15, 0.2) is 23.1 Å². The molecule has 0 bridgehead atoms. The Morgan fingerprint density at radius 1 is 1.13 bits per heavy atom. The van der Waals surface area contributed by atoms with E-state index in [1.807, 2.05) is 0 Å². The van der Waals surface area contributed by atoms with Crippen LogP contribution < -0.4 is 19.5 Å². The molecule has 0 unspecified atom stereocenters. The fourth-order valence-corrected chi connectivity index (χ4v) is 3.47. The van der Waals surface area contributed by atoms with Gasteiger partial charge < -0.3 is 24.3 Å². The van der Waals surface area contributed by atoms with Crippen LogP contribution in [0.25, 0.3) is 10.9 Å². The van der Waals surface area contributed by atoms with Crippen LogP contribution in [0.2, 0.25) is 0 Å². The van der Waals surface area contributed by atoms with Gasteiger partial charge in [-0.25, -0.2) is 4.39 Å². The number of benzene rings is 2. The molecule has 2 aromatic carbocycles. The van der Waals surface area contributed by atoms with E-state index in [1.54, 1.807) is 37.6 Å². The number of ether oxygens (including phenoxy) is 4. The summed E-state index contributed by atoms with van der Waals surface area (Å²) < 4.78 is 37.1. The van der Waals surface area contributed by atoms with E-state index >= 15 is 0 Å². The molecule has 4 rings (SSSR count). The van der Waals surface area contributed by atoms with Crippen LogP contribution in [-0.2, 0) is 9.53 Å². The number of carbonyl (C=O) groups is 1. The third kappa shape index (κ3) is 4.86. The van der Waals surface area contributed by atoms with Crippen molar-refractivity contribution in [2.75, 3.05) is 32.2 Å². The molecule has 1 amide bonds. The van der Waals surface area contributed by atoms with Crippen LogP contribution in [0.5, 0.6) is 23.0 Å². The van der Waals surface area contributed by atoms with E-state index in [0.29, 0.717) is 52.8 Å². The van der Waals surface area contributed by atoms with Gasteiger partial charge in [-0.1, -0.05) is 0 Å². The first kappa shape index (κ1) is 20.9. The lowest BCUT2D eigenvalue weighted by Crippen LogP contribution is -2.21. The standard InChI is InChI=1S/C23H23FN2O5/c1-28-22-11-17-19(12-23(22)30-13-15-5-8-29-9-6-15)25-7-4-20(17)31-21-3-2-16(26-14-27)10-18(21)24/h2-4,7,10-12,14-15H,5-6,8-9,13H2,1H3,(H,26,27). The molecular weight excluding hydrogens is 403 g/mol. The highest BCUT2D eigenvalue weighted by Crippen LogP contribution is 2.38. The molecule has 1 aliphatic heterocycles. The Kier molecular flexibility index (Phi) is 6.47. The van der Waals surface area contributed by atoms with E-state index in [9.17, 15) is 9.18 Å². The van der Waals surface area contributed by atoms with Crippen molar-refractivity contribution >= 4 is 23.0 Å². The lowest BCUT2D eigenvalue weighted by molar-refractivity contribution is -0.105. The molecule has 31 heavy (non-hydrogen) atoms. The van der Waals surface area contributed by atoms with Gasteiger partial charge in [-0.3, -0.25) is 9.78 Å². The highest BCUT2D eigenvalue weighted by molar-refractivity contribution is 5.88. The quantitative estimate of drug-likeness (QED) is 0.533. The maximum Gasteiger partial charge on any atom is 0.211 e. The van der Waals surface area contributed by atoms with E-state index in [4.69, 9.17) is 18.9 Å². The summed E-state index contributed by atoms with van der Waals surface area (Å²) >= 11 is 0. The van der Waals surface area contributed by atoms with Gasteiger partial charge in [0.25, 0.3) is 0 Å². The molecule has 2 heterocycles. The first-order valence-electron chi connectivity index (χ1n) is 10.0. The summed E-state index contributed by atoms with van der Waals surface area (Å²) in [5, 5.41) is 3.06. The van der Waals surface area contributed by atoms with Crippen LogP contribution in [0, 0.1) is 11.7 Å². The molecular formula is C23H23FN2O5. The van der Waals surface area contributed by atoms with Crippen molar-refractivity contribution in [3.63, 3.8) is 0 Å². The third-order valence-corrected chi connectivity index (χ3v) is 5.18. The van der Waals surface area contributed by atoms with Gasteiger partial charge in [0.2, 0.25) is 6.41 Å². The van der Waals surface area contributed by atoms with Gasteiger partial charge in [0.05, 0.1) is 19.2 Å². The Balaban J connectivity index is 1.59. The SMILES string of the molecule is COc1cc2c(Oc3ccc(NC=O)cc3F)ccnc2cc1OCC1CCOCC1. The molecule has 8 heteroatoms. The van der Waals surface area contributed by atoms with Crippen LogP contribution in [-0.4, -0.2) is 38.3 Å². The summed E-state index contributed by atoms with van der Waals surface area (Å²) in [5.41, 5.74) is 0.979. The monoisotopic (exact) mass is 426 g/mol. The largest absolute Gasteiger partial charge is 0.493 e. The fraction of sp³-hybridized carbons (Fsp3) is 0.304. The normalized spacial score (nSPS) is 14.3. The topological polar surface area (TPSA) is 78.9 Å². The number of hydrogen-bond acceptors (Lipinski definition) is 6. The van der Waals surface area contributed by atoms with Gasteiger partial charge in [-0.05, 0) is 43.0 Å². The Labute approximate surface area is 179 Å². The van der Waals surface area contributed by atoms with E-state index in [-0.39, 0.29) is 5.75 Å². The van der Waals surface area contributed by atoms with Crippen molar-refractivity contribution in [3.05, 3.63) is 48.4 Å². The number of methoxy groups -OCH3 is 1. The molecule has 1 aromatic heterocycles. The maximum absolute atomic E-state index is 14.4. The second kappa shape index (κ2) is 9.61. The summed E-state index contributed by atoms with van der Waals surface area (Å²) in [7, 11) is 1.57. The predicted octanol–water partition coefficient (Wildman–Crippen LogP) is 4.55. The summed E-state index contributed by atoms with van der Waals surface area (Å²) in [5.74, 6) is 1.44. The number of aromatic nitrogens is 1. The number of anilines is 1. The molecule has 162 valence electrons. The second-order valence-electron chi connectivity index (χ2n) is 7.21. The van der Waals surface area contributed by atoms with E-state index < -0.39 is 5.82 Å². The van der Waals surface area contributed by atoms with Crippen molar-refractivity contribution in [3.8, 4) is 23.0 Å². The minimum Gasteiger partial charge on any atom is -0.493 e. The molecule has 1 N–H and O–H groups in total. The molecule has 0 aliphatic carbocycles. The number of pyridine rings is 1. The van der Waals surface area contributed by atoms with Crippen LogP contribution in [0.3, 0.4) is 0 Å². The first-order valence-corrected chi connectivity index (χ1v) is 10.0. The number of rotatable bonds is 8. The Bertz CT molecular complexity index is 1070. The van der Waals surface area contributed by atoms with Gasteiger partial charge in [0.1, 0.15) is 5.75 Å². The zero-order valence-corrected chi connectivity index (χ0v) is 17.1. The molecule has 1 aliphatic rings. The van der Waals surface area contributed by atoms with Gasteiger partial charge in [-0.15, -0.1) is 0 Å². The van der Waals surface area contributed by atoms with Crippen LogP contribution in [0.4, 0.5) is 10.1 Å². The Morgan fingerprint density at radius 2 is 1.97 bits per heavy atom. The molecule has 0 atom stereocenters. The molecule has 1 fully saturated rings. The predicted molar refractivity (Wildman–Crippen MR) is 113 cm³/mol. The number of amides is 1. The minimum atomic E-state index is -0.597. The van der Waals surface area contributed by atoms with E-state index in [2.05, 4.69) is 10.3 Å². The Hall–Kier alpha value is -3.39. The maximum atomic E-state index is 14.4. The molecule has 3 aromatic rings. The Morgan fingerprint density at radius 3 is 2.71 bits per heavy atom. The average Bonchev–Trinajstić information content (AvgIpc) is 2.80. The van der Waals surface area contributed by atoms with Crippen LogP contribution in [0.15, 0.2) is 42.6 Å². The minimum absolute atomic E-state index is 0.0303. The summed E-state index contributed by atoms with van der Waals surface area (Å²) in [6, 6.07) is 9.43. The van der Waals surface area contributed by atoms with E-state index in [0.717, 1.165) is 26.1 Å². The van der Waals surface area contributed by atoms with Crippen molar-refractivity contribution in [2.24, 2.45) is 5.92 Å². The average molecular weight is 426 g/mol. The number of fused-ring (bicyclic) bond motifs is 1. The van der Waals surface area contributed by atoms with Crippen LogP contribution >= 0.6 is 0 Å². The van der Waals surface area contributed by atoms with Crippen molar-refractivity contribution < 1.29 is 28.1 Å². The molecule has 7 nitrogen and oxygen atoms in total. The van der Waals surface area contributed by atoms with Crippen LogP contribution in [0.1, 0.15) is 12.8 Å². The molecule has 0 saturated carbocycles. The van der Waals surface area contributed by atoms with E-state index in [1.165, 1.54) is 12.1 Å². The second-order valence-corrected chi connectivity index (χ2v) is 7.21. The van der Waals surface area contributed by atoms with Gasteiger partial charge >= 0.3 is 0 Å². The number of hydrogen-bond donors (Lipinski definition) is 1. The lowest BCUT2D eigenvalue weighted by Gasteiger charge is -2.22. The zero-order chi connectivity index (χ0) is 21.6. The number of nitrogens with one attached hydrogen (secondary N) is 1. The highest BCUT2D eigenvalue weighted by Gasteiger charge is 2.17. The highest BCUT2D eigenvalue weighted by atomic mass is 19.1. The number of nitrogens with zero attached hydrogens (tertiary/aromatic N) is 1. The summed E-state index contributed by atoms with van der Waals surface area (Å²) in [6.45, 7) is 2.09. The number of carbonyl (C=O) groups excluding carboxylic acids is 1. The zero-order valence-electron chi connectivity index (χ0n) is 17.1. The smallest absolute Gasteiger partial charge is 0.211 e. The molecule has 1 saturated heterocycles. The van der Waals surface area contributed by atoms with Crippen molar-refractivity contribution in [2.45, 2.75) is 12.8 Å². The molecule has 0 spiro atoms. The van der Waals surface area contributed by atoms with Gasteiger partial charge in [-0.2, -0.15) is 0 Å². The fourth-order valence-electron chi connectivity index (χ4n) is 3.47. The summed E-state index contributed by atoms with van der Waals surface area (Å²) in [6.07, 6.45) is 4.02. The van der Waals surface area contributed by atoms with Crippen molar-refractivity contribution in [1.29, 1.82) is 0 Å². The lowest BCUT2D eigenvalue weighted by atomic mass is 10.0. The molecule has 0 radical (unpaired) electrons. The van der Waals surface area contributed by atoms with Crippen molar-refractivity contribution in [1.82, 2.24) is 4.98 Å². The van der Waals surface area contributed by atoms with Gasteiger partial charge in [0, 0.05) is 42.6 Å². The third-order valence-electron chi connectivity index (χ3n) is 5.18. The first-order chi connectivity index (χ1) is 15.2. The number of halogens is 1.